The summed E-state index contributed by atoms with van der Waals surface area (Å²) in [5, 5.41) is 12.5. The highest BCUT2D eigenvalue weighted by Crippen LogP contribution is 2.17. The molecule has 0 aromatic carbocycles. The first-order valence-electron chi connectivity index (χ1n) is 3.80. The van der Waals surface area contributed by atoms with Crippen molar-refractivity contribution in [2.24, 2.45) is 7.05 Å². The lowest BCUT2D eigenvalue weighted by Crippen LogP contribution is -2.01. The molecule has 0 radical (unpaired) electrons. The molecule has 1 unspecified atom stereocenters. The molecule has 66 valence electrons. The summed E-state index contributed by atoms with van der Waals surface area (Å²) >= 11 is 0. The van der Waals surface area contributed by atoms with Crippen molar-refractivity contribution in [2.75, 3.05) is 0 Å². The Labute approximate surface area is 70.8 Å². The molecule has 1 rings (SSSR count). The highest BCUT2D eigenvalue weighted by atomic mass is 16.4. The number of aryl methyl sites for hydroxylation is 1. The maximum absolute atomic E-state index is 10.4. The third-order valence-corrected chi connectivity index (χ3v) is 1.77. The average Bonchev–Trinajstić information content (AvgIpc) is 2.34. The molecule has 4 nitrogen and oxygen atoms in total. The van der Waals surface area contributed by atoms with Gasteiger partial charge >= 0.3 is 5.97 Å². The van der Waals surface area contributed by atoms with E-state index in [1.165, 1.54) is 0 Å². The van der Waals surface area contributed by atoms with Crippen molar-refractivity contribution in [2.45, 2.75) is 19.3 Å². The molecule has 1 aromatic heterocycles. The van der Waals surface area contributed by atoms with E-state index in [9.17, 15) is 4.79 Å². The molecule has 0 saturated carbocycles. The summed E-state index contributed by atoms with van der Waals surface area (Å²) in [5.41, 5.74) is 0.972. The second-order valence-corrected chi connectivity index (χ2v) is 2.95. The number of carboxylic acids is 1. The molecule has 0 spiro atoms. The topological polar surface area (TPSA) is 55.1 Å². The van der Waals surface area contributed by atoms with E-state index in [1.807, 2.05) is 20.2 Å². The van der Waals surface area contributed by atoms with E-state index >= 15 is 0 Å². The van der Waals surface area contributed by atoms with E-state index in [4.69, 9.17) is 5.11 Å². The van der Waals surface area contributed by atoms with Crippen LogP contribution in [0.2, 0.25) is 0 Å². The van der Waals surface area contributed by atoms with Crippen LogP contribution in [0.15, 0.2) is 12.4 Å². The summed E-state index contributed by atoms with van der Waals surface area (Å²) in [4.78, 5) is 10.4. The van der Waals surface area contributed by atoms with Crippen molar-refractivity contribution in [3.05, 3.63) is 18.0 Å². The van der Waals surface area contributed by atoms with Crippen LogP contribution in [0.25, 0.3) is 0 Å². The second kappa shape index (κ2) is 3.38. The number of aromatic nitrogens is 2. The van der Waals surface area contributed by atoms with Gasteiger partial charge in [-0.05, 0) is 11.5 Å². The molecule has 0 saturated heterocycles. The Bertz CT molecular complexity index is 280. The van der Waals surface area contributed by atoms with Crippen LogP contribution in [-0.4, -0.2) is 20.9 Å². The third-order valence-electron chi connectivity index (χ3n) is 1.77. The van der Waals surface area contributed by atoms with Crippen LogP contribution in [0.3, 0.4) is 0 Å². The van der Waals surface area contributed by atoms with Crippen molar-refractivity contribution in [3.8, 4) is 0 Å². The Morgan fingerprint density at radius 1 is 1.83 bits per heavy atom. The average molecular weight is 168 g/mol. The molecule has 1 atom stereocenters. The molecular formula is C8H12N2O2. The smallest absolute Gasteiger partial charge is 0.303 e. The van der Waals surface area contributed by atoms with Gasteiger partial charge in [-0.15, -0.1) is 0 Å². The van der Waals surface area contributed by atoms with Gasteiger partial charge in [0, 0.05) is 13.2 Å². The number of hydrogen-bond donors (Lipinski definition) is 1. The lowest BCUT2D eigenvalue weighted by atomic mass is 10.0. The van der Waals surface area contributed by atoms with Gasteiger partial charge in [-0.1, -0.05) is 6.92 Å². The fraction of sp³-hybridized carbons (Fsp3) is 0.500. The summed E-state index contributed by atoms with van der Waals surface area (Å²) in [6.07, 6.45) is 3.70. The third kappa shape index (κ3) is 2.08. The summed E-state index contributed by atoms with van der Waals surface area (Å²) in [7, 11) is 1.82. The maximum Gasteiger partial charge on any atom is 0.303 e. The van der Waals surface area contributed by atoms with Gasteiger partial charge in [0.1, 0.15) is 0 Å². The summed E-state index contributed by atoms with van der Waals surface area (Å²) in [6.45, 7) is 1.88. The molecular weight excluding hydrogens is 156 g/mol. The van der Waals surface area contributed by atoms with Gasteiger partial charge in [-0.25, -0.2) is 0 Å². The number of nitrogens with zero attached hydrogens (tertiary/aromatic N) is 2. The van der Waals surface area contributed by atoms with Crippen LogP contribution >= 0.6 is 0 Å². The monoisotopic (exact) mass is 168 g/mol. The van der Waals surface area contributed by atoms with Crippen LogP contribution in [0, 0.1) is 0 Å². The van der Waals surface area contributed by atoms with Gasteiger partial charge in [-0.2, -0.15) is 5.10 Å². The highest BCUT2D eigenvalue weighted by Gasteiger charge is 2.10. The van der Waals surface area contributed by atoms with Crippen molar-refractivity contribution in [1.29, 1.82) is 0 Å². The van der Waals surface area contributed by atoms with Crippen molar-refractivity contribution < 1.29 is 9.90 Å². The van der Waals surface area contributed by atoms with E-state index in [0.29, 0.717) is 0 Å². The Morgan fingerprint density at radius 2 is 2.50 bits per heavy atom. The predicted molar refractivity (Wildman–Crippen MR) is 43.9 cm³/mol. The summed E-state index contributed by atoms with van der Waals surface area (Å²) < 4.78 is 1.67. The molecule has 4 heteroatoms. The normalized spacial score (nSPS) is 12.8. The van der Waals surface area contributed by atoms with E-state index in [0.717, 1.165) is 5.56 Å². The van der Waals surface area contributed by atoms with E-state index in [-0.39, 0.29) is 12.3 Å². The van der Waals surface area contributed by atoms with Crippen LogP contribution < -0.4 is 0 Å². The first kappa shape index (κ1) is 8.77. The summed E-state index contributed by atoms with van der Waals surface area (Å²) in [5.74, 6) is -0.734. The lowest BCUT2D eigenvalue weighted by molar-refractivity contribution is -0.137. The van der Waals surface area contributed by atoms with Gasteiger partial charge in [0.2, 0.25) is 0 Å². The molecule has 1 N–H and O–H groups in total. The second-order valence-electron chi connectivity index (χ2n) is 2.95. The Balaban J connectivity index is 2.64. The summed E-state index contributed by atoms with van der Waals surface area (Å²) in [6, 6.07) is 0. The number of carbonyl (C=O) groups is 1. The lowest BCUT2D eigenvalue weighted by Gasteiger charge is -2.03. The SMILES string of the molecule is CC(CC(=O)O)c1cnn(C)c1. The molecule has 0 fully saturated rings. The standard InChI is InChI=1S/C8H12N2O2/c1-6(3-8(11)12)7-4-9-10(2)5-7/h4-6H,3H2,1-2H3,(H,11,12). The van der Waals surface area contributed by atoms with Crippen molar-refractivity contribution in [3.63, 3.8) is 0 Å². The van der Waals surface area contributed by atoms with Crippen LogP contribution in [0.1, 0.15) is 24.8 Å². The van der Waals surface area contributed by atoms with Gasteiger partial charge < -0.3 is 5.11 Å². The number of carboxylic acid groups (broad SMARTS) is 1. The first-order chi connectivity index (χ1) is 5.59. The quantitative estimate of drug-likeness (QED) is 0.732. The minimum Gasteiger partial charge on any atom is -0.481 e. The molecule has 0 aliphatic heterocycles. The molecule has 1 aromatic rings. The number of aliphatic carboxylic acids is 1. The zero-order chi connectivity index (χ0) is 9.14. The molecule has 0 bridgehead atoms. The zero-order valence-corrected chi connectivity index (χ0v) is 7.19. The van der Waals surface area contributed by atoms with Gasteiger partial charge in [0.15, 0.2) is 0 Å². The van der Waals surface area contributed by atoms with E-state index < -0.39 is 5.97 Å². The molecule has 12 heavy (non-hydrogen) atoms. The van der Waals surface area contributed by atoms with E-state index in [1.54, 1.807) is 10.9 Å². The first-order valence-corrected chi connectivity index (χ1v) is 3.80. The van der Waals surface area contributed by atoms with Crippen LogP contribution in [0.5, 0.6) is 0 Å². The minimum atomic E-state index is -0.772. The van der Waals surface area contributed by atoms with Gasteiger partial charge in [0.25, 0.3) is 0 Å². The van der Waals surface area contributed by atoms with Gasteiger partial charge in [-0.3, -0.25) is 9.48 Å². The Kier molecular flexibility index (Phi) is 2.47. The fourth-order valence-corrected chi connectivity index (χ4v) is 1.07. The Morgan fingerprint density at radius 3 is 2.92 bits per heavy atom. The van der Waals surface area contributed by atoms with Crippen LogP contribution in [-0.2, 0) is 11.8 Å². The zero-order valence-electron chi connectivity index (χ0n) is 7.19. The fourth-order valence-electron chi connectivity index (χ4n) is 1.07. The molecule has 1 heterocycles. The van der Waals surface area contributed by atoms with Crippen molar-refractivity contribution in [1.82, 2.24) is 9.78 Å². The van der Waals surface area contributed by atoms with Gasteiger partial charge in [0.05, 0.1) is 12.6 Å². The Hall–Kier alpha value is -1.32. The molecule has 0 aliphatic carbocycles. The number of hydrogen-bond acceptors (Lipinski definition) is 2. The van der Waals surface area contributed by atoms with Crippen LogP contribution in [0.4, 0.5) is 0 Å². The minimum absolute atomic E-state index is 0.0381. The van der Waals surface area contributed by atoms with Crippen molar-refractivity contribution >= 4 is 5.97 Å². The van der Waals surface area contributed by atoms with E-state index in [2.05, 4.69) is 5.10 Å². The number of rotatable bonds is 3. The predicted octanol–water partition coefficient (Wildman–Crippen LogP) is 0.998. The molecule has 0 amide bonds. The molecule has 0 aliphatic rings. The largest absolute Gasteiger partial charge is 0.481 e. The highest BCUT2D eigenvalue weighted by molar-refractivity contribution is 5.67. The maximum atomic E-state index is 10.4.